The molecule has 0 bridgehead atoms. The minimum Gasteiger partial charge on any atom is -0.457 e. The van der Waals surface area contributed by atoms with Gasteiger partial charge in [-0.3, -0.25) is 4.57 Å². The van der Waals surface area contributed by atoms with E-state index in [1.165, 1.54) is 60.7 Å². The van der Waals surface area contributed by atoms with Crippen LogP contribution in [-0.4, -0.2) is 28.9 Å². The Morgan fingerprint density at radius 3 is 1.71 bits per heavy atom. The van der Waals surface area contributed by atoms with Gasteiger partial charge in [0.25, 0.3) is 0 Å². The number of anilines is 4. The van der Waals surface area contributed by atoms with Crippen molar-refractivity contribution in [2.24, 2.45) is 0 Å². The molecule has 0 spiro atoms. The number of pyridine rings is 1. The van der Waals surface area contributed by atoms with Crippen LogP contribution < -0.4 is 19.7 Å². The summed E-state index contributed by atoms with van der Waals surface area (Å²) in [6, 6.07) is 58.0. The molecule has 6 nitrogen and oxygen atoms in total. The van der Waals surface area contributed by atoms with Gasteiger partial charge in [-0.2, -0.15) is 0 Å². The first-order valence-electron chi connectivity index (χ1n) is 24.9. The fourth-order valence-electron chi connectivity index (χ4n) is 10.5. The highest BCUT2D eigenvalue weighted by Gasteiger charge is 2.35. The lowest BCUT2D eigenvalue weighted by atomic mass is 9.80. The van der Waals surface area contributed by atoms with Crippen LogP contribution in [0.2, 0.25) is 19.6 Å². The van der Waals surface area contributed by atoms with Gasteiger partial charge in [-0.15, -0.1) is 0 Å². The fourth-order valence-corrected chi connectivity index (χ4v) is 12.1. The van der Waals surface area contributed by atoms with Crippen LogP contribution in [0.1, 0.15) is 79.0 Å². The van der Waals surface area contributed by atoms with Gasteiger partial charge in [-0.25, -0.2) is 4.98 Å². The van der Waals surface area contributed by atoms with Gasteiger partial charge in [0.1, 0.15) is 24.0 Å². The molecule has 0 unspecified atom stereocenters. The van der Waals surface area contributed by atoms with Gasteiger partial charge in [-0.05, 0) is 123 Å². The number of aromatic nitrogens is 3. The normalized spacial score (nSPS) is 13.6. The van der Waals surface area contributed by atoms with Crippen LogP contribution in [0.5, 0.6) is 11.5 Å². The number of rotatable bonds is 7. The fraction of sp³-hybridized carbons (Fsp3) is 0.254. The molecule has 0 aliphatic carbocycles. The molecule has 0 radical (unpaired) electrons. The molecule has 1 aliphatic heterocycles. The Balaban J connectivity index is 1.02. The number of fused-ring (bicyclic) bond motifs is 7. The van der Waals surface area contributed by atoms with Gasteiger partial charge in [-0.1, -0.05) is 143 Å². The zero-order valence-electron chi connectivity index (χ0n) is 42.9. The molecule has 0 amide bonds. The quantitative estimate of drug-likeness (QED) is 0.149. The first-order valence-corrected chi connectivity index (χ1v) is 28.4. The molecule has 0 atom stereocenters. The lowest BCUT2D eigenvalue weighted by molar-refractivity contribution is 0.483. The van der Waals surface area contributed by atoms with Gasteiger partial charge in [0, 0.05) is 56.9 Å². The van der Waals surface area contributed by atoms with Gasteiger partial charge in [0.2, 0.25) is 0 Å². The molecule has 3 aromatic heterocycles. The second-order valence-corrected chi connectivity index (χ2v) is 28.6. The van der Waals surface area contributed by atoms with Crippen LogP contribution >= 0.6 is 0 Å². The van der Waals surface area contributed by atoms with E-state index < -0.39 is 8.07 Å². The van der Waals surface area contributed by atoms with Crippen molar-refractivity contribution >= 4 is 79.6 Å². The van der Waals surface area contributed by atoms with E-state index in [1.54, 1.807) is 0 Å². The van der Waals surface area contributed by atoms with Crippen molar-refractivity contribution in [1.29, 1.82) is 0 Å². The Bertz CT molecular complexity index is 3590. The summed E-state index contributed by atoms with van der Waals surface area (Å²) in [6.07, 6.45) is 1.95. The standard InChI is InChI=1S/C63H65N5OSi/c1-61(2,3)41-31-32-64-59(36-41)68-55-30-27-45(67-53-23-15-13-21-49(53)50-22-14-16-24-54(50)67)38-52(55)51-29-28-48(39-57(51)68)69-47-20-17-19-44(37-47)65-40-66(60-56(65)25-18-26-58(60)70(10,11)12)46-34-42(62(4,5)6)33-43(35-46)63(7,8)9/h13-39H,40H2,1-12H3. The van der Waals surface area contributed by atoms with Gasteiger partial charge in [0.05, 0.1) is 41.5 Å². The molecule has 0 saturated carbocycles. The number of ether oxygens (including phenoxy) is 1. The van der Waals surface area contributed by atoms with Crippen molar-refractivity contribution in [3.8, 4) is 23.0 Å². The van der Waals surface area contributed by atoms with E-state index in [0.29, 0.717) is 6.67 Å². The summed E-state index contributed by atoms with van der Waals surface area (Å²) in [5, 5.41) is 6.25. The summed E-state index contributed by atoms with van der Waals surface area (Å²) in [7, 11) is -1.78. The van der Waals surface area contributed by atoms with Gasteiger partial charge < -0.3 is 19.1 Å². The number of para-hydroxylation sites is 3. The van der Waals surface area contributed by atoms with Crippen molar-refractivity contribution in [1.82, 2.24) is 14.1 Å². The number of hydrogen-bond donors (Lipinski definition) is 0. The number of hydrogen-bond acceptors (Lipinski definition) is 4. The minimum atomic E-state index is -1.78. The summed E-state index contributed by atoms with van der Waals surface area (Å²) in [4.78, 5) is 10.1. The molecule has 0 saturated heterocycles. The van der Waals surface area contributed by atoms with Crippen LogP contribution in [-0.2, 0) is 16.2 Å². The Labute approximate surface area is 414 Å². The zero-order valence-corrected chi connectivity index (χ0v) is 43.9. The molecule has 10 aromatic rings. The van der Waals surface area contributed by atoms with Crippen molar-refractivity contribution in [2.75, 3.05) is 16.5 Å². The van der Waals surface area contributed by atoms with Crippen molar-refractivity contribution in [2.45, 2.75) is 98.2 Å². The average Bonchev–Trinajstić information content (AvgIpc) is 3.98. The highest BCUT2D eigenvalue weighted by atomic mass is 28.3. The van der Waals surface area contributed by atoms with E-state index in [0.717, 1.165) is 50.5 Å². The van der Waals surface area contributed by atoms with Crippen LogP contribution in [0.15, 0.2) is 164 Å². The molecule has 70 heavy (non-hydrogen) atoms. The summed E-state index contributed by atoms with van der Waals surface area (Å²) in [5.74, 6) is 2.43. The third-order valence-electron chi connectivity index (χ3n) is 14.4. The van der Waals surface area contributed by atoms with E-state index >= 15 is 0 Å². The van der Waals surface area contributed by atoms with E-state index in [1.807, 2.05) is 6.20 Å². The van der Waals surface area contributed by atoms with Crippen molar-refractivity contribution < 1.29 is 4.74 Å². The van der Waals surface area contributed by atoms with Gasteiger partial charge >= 0.3 is 0 Å². The van der Waals surface area contributed by atoms with E-state index in [9.17, 15) is 0 Å². The predicted octanol–water partition coefficient (Wildman–Crippen LogP) is 16.8. The van der Waals surface area contributed by atoms with Crippen LogP contribution in [0.25, 0.3) is 55.1 Å². The highest BCUT2D eigenvalue weighted by molar-refractivity contribution is 6.90. The number of benzene rings is 7. The topological polar surface area (TPSA) is 38.5 Å². The molecule has 0 N–H and O–H groups in total. The monoisotopic (exact) mass is 935 g/mol. The lowest BCUT2D eigenvalue weighted by Gasteiger charge is -2.31. The summed E-state index contributed by atoms with van der Waals surface area (Å²) < 4.78 is 11.6. The minimum absolute atomic E-state index is 0.00295. The molecular formula is C63H65N5OSi. The van der Waals surface area contributed by atoms with Gasteiger partial charge in [0.15, 0.2) is 0 Å². The first kappa shape index (κ1) is 45.4. The molecule has 352 valence electrons. The number of nitrogens with zero attached hydrogens (tertiary/aromatic N) is 5. The van der Waals surface area contributed by atoms with Crippen LogP contribution in [0.3, 0.4) is 0 Å². The maximum absolute atomic E-state index is 6.94. The first-order chi connectivity index (χ1) is 33.2. The summed E-state index contributed by atoms with van der Waals surface area (Å²) in [6.45, 7) is 28.8. The van der Waals surface area contributed by atoms with E-state index in [2.05, 4.69) is 259 Å². The molecule has 7 aromatic carbocycles. The third kappa shape index (κ3) is 7.85. The SMILES string of the molecule is CC(C)(C)c1cc(N2CN(c3cccc(Oc4ccc5c6cc(-n7c8ccccc8c8ccccc87)ccc6n(-c6cc(C(C)(C)C)ccn6)c5c4)c3)c3cccc([Si](C)(C)C)c32)cc(C(C)(C)C)c1. The average molecular weight is 936 g/mol. The molecular weight excluding hydrogens is 871 g/mol. The molecule has 0 fully saturated rings. The second kappa shape index (κ2) is 16.2. The largest absolute Gasteiger partial charge is 0.457 e. The zero-order chi connectivity index (χ0) is 49.1. The van der Waals surface area contributed by atoms with E-state index in [-0.39, 0.29) is 16.2 Å². The van der Waals surface area contributed by atoms with Crippen molar-refractivity contribution in [3.63, 3.8) is 0 Å². The van der Waals surface area contributed by atoms with Crippen LogP contribution in [0, 0.1) is 0 Å². The Kier molecular flexibility index (Phi) is 10.5. The maximum Gasteiger partial charge on any atom is 0.137 e. The smallest absolute Gasteiger partial charge is 0.137 e. The molecule has 1 aliphatic rings. The molecule has 4 heterocycles. The third-order valence-corrected chi connectivity index (χ3v) is 16.4. The predicted molar refractivity (Wildman–Crippen MR) is 301 cm³/mol. The highest BCUT2D eigenvalue weighted by Crippen LogP contribution is 2.47. The van der Waals surface area contributed by atoms with Crippen LogP contribution in [0.4, 0.5) is 22.7 Å². The maximum atomic E-state index is 6.94. The molecule has 7 heteroatoms. The Hall–Kier alpha value is -7.09. The Morgan fingerprint density at radius 2 is 1.06 bits per heavy atom. The summed E-state index contributed by atoms with van der Waals surface area (Å²) >= 11 is 0. The van der Waals surface area contributed by atoms with E-state index in [4.69, 9.17) is 9.72 Å². The summed E-state index contributed by atoms with van der Waals surface area (Å²) in [5.41, 5.74) is 14.4. The molecule has 11 rings (SSSR count). The van der Waals surface area contributed by atoms with Crippen molar-refractivity contribution in [3.05, 3.63) is 181 Å². The lowest BCUT2D eigenvalue weighted by Crippen LogP contribution is -2.40. The Morgan fingerprint density at radius 1 is 0.443 bits per heavy atom. The second-order valence-electron chi connectivity index (χ2n) is 23.5.